The van der Waals surface area contributed by atoms with E-state index in [4.69, 9.17) is 4.74 Å². The number of halogens is 3. The van der Waals surface area contributed by atoms with E-state index in [1.54, 1.807) is 26.0 Å². The van der Waals surface area contributed by atoms with Crippen molar-refractivity contribution in [2.24, 2.45) is 0 Å². The van der Waals surface area contributed by atoms with Gasteiger partial charge < -0.3 is 9.84 Å². The highest BCUT2D eigenvalue weighted by molar-refractivity contribution is 5.70. The average Bonchev–Trinajstić information content (AvgIpc) is 3.44. The fraction of sp³-hybridized carbons (Fsp3) is 0.455. The molecule has 1 fully saturated rings. The summed E-state index contributed by atoms with van der Waals surface area (Å²) in [6.45, 7) is 5.40. The van der Waals surface area contributed by atoms with Crippen molar-refractivity contribution >= 4 is 5.78 Å². The van der Waals surface area contributed by atoms with Gasteiger partial charge in [0.2, 0.25) is 5.78 Å². The van der Waals surface area contributed by atoms with Crippen LogP contribution in [0.5, 0.6) is 0 Å². The van der Waals surface area contributed by atoms with Gasteiger partial charge in [-0.25, -0.2) is 4.52 Å². The quantitative estimate of drug-likeness (QED) is 0.241. The van der Waals surface area contributed by atoms with Crippen molar-refractivity contribution in [2.75, 3.05) is 6.61 Å². The van der Waals surface area contributed by atoms with Crippen LogP contribution in [-0.2, 0) is 23.8 Å². The van der Waals surface area contributed by atoms with E-state index in [0.29, 0.717) is 55.3 Å². The van der Waals surface area contributed by atoms with E-state index in [2.05, 4.69) is 16.2 Å². The zero-order valence-electron chi connectivity index (χ0n) is 25.1. The average molecular weight is 608 g/mol. The van der Waals surface area contributed by atoms with E-state index in [-0.39, 0.29) is 36.5 Å². The minimum absolute atomic E-state index is 0.0983. The third-order valence-corrected chi connectivity index (χ3v) is 8.00. The molecule has 1 N–H and O–H groups in total. The van der Waals surface area contributed by atoms with Gasteiger partial charge in [0.1, 0.15) is 0 Å². The number of nitriles is 1. The number of nitrogens with zero attached hydrogens (tertiary/aromatic N) is 5. The molecule has 0 radical (unpaired) electrons. The minimum Gasteiger partial charge on any atom is -0.388 e. The van der Waals surface area contributed by atoms with Crippen LogP contribution in [0.4, 0.5) is 13.2 Å². The molecular formula is C33H36F3N5O3. The largest absolute Gasteiger partial charge is 0.453 e. The predicted molar refractivity (Wildman–Crippen MR) is 159 cm³/mol. The molecule has 11 heteroatoms. The van der Waals surface area contributed by atoms with Gasteiger partial charge in [0.05, 0.1) is 35.6 Å². The predicted octanol–water partition coefficient (Wildman–Crippen LogP) is 6.26. The normalized spacial score (nSPS) is 17.6. The molecule has 0 amide bonds. The van der Waals surface area contributed by atoms with Gasteiger partial charge >= 0.3 is 6.18 Å². The first-order chi connectivity index (χ1) is 20.9. The molecule has 0 spiro atoms. The standard InChI is InChI=1S/C33H36F3N5O3/c1-4-7-28-27(18-21-10-12-22(13-11-21)26-9-6-5-8-23(26)19-37)29(42)40(31-38-30(33(34,35)36)39-41(28)31)24-14-16-25(17-15-24)44-20-32(2,3)43/h5-6,8-13,24-25,43H,4,7,14-18,20H2,1-3H3/t24-,25-. The van der Waals surface area contributed by atoms with Crippen LogP contribution in [-0.4, -0.2) is 42.6 Å². The minimum atomic E-state index is -4.77. The van der Waals surface area contributed by atoms with Crippen LogP contribution < -0.4 is 5.56 Å². The Kier molecular flexibility index (Phi) is 8.95. The SMILES string of the molecule is CCCc1c(Cc2ccc(-c3ccccc3C#N)cc2)c(=O)n([C@H]2CC[C@H](OCC(C)(C)O)CC2)c2nc(C(F)(F)F)nn12. The van der Waals surface area contributed by atoms with Gasteiger partial charge in [0.25, 0.3) is 11.4 Å². The lowest BCUT2D eigenvalue weighted by Crippen LogP contribution is -2.36. The van der Waals surface area contributed by atoms with Gasteiger partial charge in [0, 0.05) is 18.0 Å². The topological polar surface area (TPSA) is 105 Å². The van der Waals surface area contributed by atoms with Crippen LogP contribution in [0.15, 0.2) is 53.3 Å². The van der Waals surface area contributed by atoms with Crippen molar-refractivity contribution in [1.82, 2.24) is 19.2 Å². The molecule has 1 aliphatic carbocycles. The summed E-state index contributed by atoms with van der Waals surface area (Å²) < 4.78 is 50.0. The highest BCUT2D eigenvalue weighted by Crippen LogP contribution is 2.33. The lowest BCUT2D eigenvalue weighted by molar-refractivity contribution is -0.144. The fourth-order valence-electron chi connectivity index (χ4n) is 5.88. The van der Waals surface area contributed by atoms with Crippen molar-refractivity contribution < 1.29 is 23.0 Å². The molecule has 4 aromatic rings. The summed E-state index contributed by atoms with van der Waals surface area (Å²) >= 11 is 0. The van der Waals surface area contributed by atoms with Crippen molar-refractivity contribution in [1.29, 1.82) is 5.26 Å². The third kappa shape index (κ3) is 6.71. The first-order valence-electron chi connectivity index (χ1n) is 14.9. The van der Waals surface area contributed by atoms with Crippen LogP contribution in [0.1, 0.15) is 87.1 Å². The number of fused-ring (bicyclic) bond motifs is 1. The molecule has 8 nitrogen and oxygen atoms in total. The Balaban J connectivity index is 1.55. The zero-order valence-corrected chi connectivity index (χ0v) is 25.1. The summed E-state index contributed by atoms with van der Waals surface area (Å²) in [5.74, 6) is -1.37. The first kappa shape index (κ1) is 31.4. The maximum atomic E-state index is 14.3. The first-order valence-corrected chi connectivity index (χ1v) is 14.9. The van der Waals surface area contributed by atoms with E-state index in [9.17, 15) is 28.3 Å². The molecule has 0 saturated heterocycles. The lowest BCUT2D eigenvalue weighted by Gasteiger charge is -2.32. The maximum absolute atomic E-state index is 14.3. The number of aryl methyl sites for hydroxylation is 1. The molecule has 232 valence electrons. The van der Waals surface area contributed by atoms with E-state index < -0.39 is 17.6 Å². The Labute approximate surface area is 253 Å². The van der Waals surface area contributed by atoms with Gasteiger partial charge in [0.15, 0.2) is 0 Å². The van der Waals surface area contributed by atoms with Crippen molar-refractivity contribution in [2.45, 2.75) is 89.6 Å². The summed E-state index contributed by atoms with van der Waals surface area (Å²) in [4.78, 5) is 18.1. The van der Waals surface area contributed by atoms with Crippen LogP contribution in [0.25, 0.3) is 16.9 Å². The molecule has 2 aromatic heterocycles. The number of ether oxygens (including phenoxy) is 1. The Morgan fingerprint density at radius 1 is 1.07 bits per heavy atom. The van der Waals surface area contributed by atoms with Gasteiger partial charge in [-0.1, -0.05) is 55.8 Å². The molecule has 0 aliphatic heterocycles. The number of aromatic nitrogens is 4. The molecule has 0 atom stereocenters. The van der Waals surface area contributed by atoms with Gasteiger partial charge in [-0.15, -0.1) is 5.10 Å². The molecule has 44 heavy (non-hydrogen) atoms. The number of hydrogen-bond donors (Lipinski definition) is 1. The van der Waals surface area contributed by atoms with Crippen LogP contribution in [0.3, 0.4) is 0 Å². The molecule has 0 unspecified atom stereocenters. The maximum Gasteiger partial charge on any atom is 0.453 e. The summed E-state index contributed by atoms with van der Waals surface area (Å²) in [5.41, 5.74) is 2.48. The van der Waals surface area contributed by atoms with Crippen LogP contribution in [0.2, 0.25) is 0 Å². The van der Waals surface area contributed by atoms with Gasteiger partial charge in [-0.05, 0) is 68.7 Å². The molecule has 0 bridgehead atoms. The second-order valence-electron chi connectivity index (χ2n) is 12.1. The highest BCUT2D eigenvalue weighted by Gasteiger charge is 2.38. The second-order valence-corrected chi connectivity index (χ2v) is 12.1. The molecule has 1 saturated carbocycles. The Morgan fingerprint density at radius 2 is 1.75 bits per heavy atom. The number of aliphatic hydroxyl groups is 1. The highest BCUT2D eigenvalue weighted by atomic mass is 19.4. The van der Waals surface area contributed by atoms with Crippen LogP contribution in [0, 0.1) is 11.3 Å². The number of rotatable bonds is 9. The number of benzene rings is 2. The van der Waals surface area contributed by atoms with E-state index in [0.717, 1.165) is 16.7 Å². The van der Waals surface area contributed by atoms with Crippen molar-refractivity contribution in [3.05, 3.63) is 87.1 Å². The van der Waals surface area contributed by atoms with E-state index >= 15 is 0 Å². The summed E-state index contributed by atoms with van der Waals surface area (Å²) in [7, 11) is 0. The Bertz CT molecular complexity index is 1720. The number of alkyl halides is 3. The number of hydrogen-bond acceptors (Lipinski definition) is 6. The molecule has 1 aliphatic rings. The van der Waals surface area contributed by atoms with E-state index in [1.165, 1.54) is 9.08 Å². The van der Waals surface area contributed by atoms with Gasteiger partial charge in [-0.2, -0.15) is 23.4 Å². The Morgan fingerprint density at radius 3 is 2.36 bits per heavy atom. The zero-order chi connectivity index (χ0) is 31.6. The van der Waals surface area contributed by atoms with Gasteiger partial charge in [-0.3, -0.25) is 9.36 Å². The summed E-state index contributed by atoms with van der Waals surface area (Å²) in [6.07, 6.45) is -1.51. The third-order valence-electron chi connectivity index (χ3n) is 8.00. The Hall–Kier alpha value is -4.01. The summed E-state index contributed by atoms with van der Waals surface area (Å²) in [5, 5.41) is 23.4. The fourth-order valence-corrected chi connectivity index (χ4v) is 5.88. The molecular weight excluding hydrogens is 571 g/mol. The lowest BCUT2D eigenvalue weighted by atomic mass is 9.92. The molecule has 5 rings (SSSR count). The van der Waals surface area contributed by atoms with Crippen LogP contribution >= 0.6 is 0 Å². The van der Waals surface area contributed by atoms with E-state index in [1.807, 2.05) is 43.3 Å². The smallest absolute Gasteiger partial charge is 0.388 e. The molecule has 2 heterocycles. The van der Waals surface area contributed by atoms with Crippen molar-refractivity contribution in [3.63, 3.8) is 0 Å². The monoisotopic (exact) mass is 607 g/mol. The summed E-state index contributed by atoms with van der Waals surface area (Å²) in [6, 6.07) is 16.6. The second kappa shape index (κ2) is 12.5. The van der Waals surface area contributed by atoms with Crippen molar-refractivity contribution in [3.8, 4) is 17.2 Å². The molecule has 2 aromatic carbocycles.